The van der Waals surface area contributed by atoms with Gasteiger partial charge in [0, 0.05) is 17.3 Å². The van der Waals surface area contributed by atoms with Crippen molar-refractivity contribution < 1.29 is 18.3 Å². The lowest BCUT2D eigenvalue weighted by Gasteiger charge is -2.07. The Morgan fingerprint density at radius 3 is 2.63 bits per heavy atom. The Bertz CT molecular complexity index is 585. The van der Waals surface area contributed by atoms with Crippen molar-refractivity contribution in [1.29, 1.82) is 0 Å². The lowest BCUT2D eigenvalue weighted by molar-refractivity contribution is 0.103. The number of carbonyl (C=O) groups is 1. The maximum atomic E-state index is 12.7. The maximum absolute atomic E-state index is 12.7. The molecule has 0 aliphatic rings. The van der Waals surface area contributed by atoms with Crippen LogP contribution in [0, 0.1) is 0 Å². The number of methoxy groups -OCH3 is 1. The molecule has 0 radical (unpaired) electrons. The average molecular weight is 263 g/mol. The maximum Gasteiger partial charge on any atom is 0.264 e. The Balaban J connectivity index is 2.44. The number of alkyl halides is 2. The van der Waals surface area contributed by atoms with E-state index in [0.29, 0.717) is 0 Å². The molecule has 0 fully saturated rings. The molecule has 0 unspecified atom stereocenters. The largest absolute Gasteiger partial charge is 0.497 e. The fourth-order valence-electron chi connectivity index (χ4n) is 1.64. The van der Waals surface area contributed by atoms with Crippen molar-refractivity contribution in [1.82, 2.24) is 4.98 Å². The molecule has 2 aromatic rings. The van der Waals surface area contributed by atoms with Crippen molar-refractivity contribution in [3.05, 3.63) is 59.4 Å². The van der Waals surface area contributed by atoms with Crippen molar-refractivity contribution in [2.75, 3.05) is 7.11 Å². The molecule has 3 nitrogen and oxygen atoms in total. The Kier molecular flexibility index (Phi) is 3.85. The molecule has 0 saturated heterocycles. The molecular formula is C14H11F2NO2. The zero-order valence-electron chi connectivity index (χ0n) is 10.1. The quantitative estimate of drug-likeness (QED) is 0.795. The molecule has 0 amide bonds. The Hall–Kier alpha value is -2.30. The molecule has 0 aliphatic carbocycles. The zero-order valence-corrected chi connectivity index (χ0v) is 10.1. The lowest BCUT2D eigenvalue weighted by Crippen LogP contribution is -2.05. The second kappa shape index (κ2) is 5.56. The molecule has 1 heterocycles. The zero-order chi connectivity index (χ0) is 13.8. The number of hydrogen-bond acceptors (Lipinski definition) is 3. The molecule has 5 heteroatoms. The van der Waals surface area contributed by atoms with Crippen molar-refractivity contribution in [3.8, 4) is 5.75 Å². The molecule has 0 atom stereocenters. The second-order valence-corrected chi connectivity index (χ2v) is 3.84. The summed E-state index contributed by atoms with van der Waals surface area (Å²) in [6, 6.07) is 8.65. The summed E-state index contributed by atoms with van der Waals surface area (Å²) >= 11 is 0. The van der Waals surface area contributed by atoms with Crippen molar-refractivity contribution >= 4 is 5.78 Å². The highest BCUT2D eigenvalue weighted by molar-refractivity contribution is 6.08. The van der Waals surface area contributed by atoms with E-state index in [9.17, 15) is 13.6 Å². The molecule has 1 aromatic heterocycles. The topological polar surface area (TPSA) is 39.2 Å². The van der Waals surface area contributed by atoms with E-state index in [1.54, 1.807) is 12.1 Å². The van der Waals surface area contributed by atoms with Gasteiger partial charge < -0.3 is 4.74 Å². The van der Waals surface area contributed by atoms with Gasteiger partial charge in [0.2, 0.25) is 5.78 Å². The van der Waals surface area contributed by atoms with Crippen LogP contribution in [0.1, 0.15) is 28.0 Å². The third kappa shape index (κ3) is 2.93. The summed E-state index contributed by atoms with van der Waals surface area (Å²) in [7, 11) is 1.36. The van der Waals surface area contributed by atoms with Gasteiger partial charge in [-0.2, -0.15) is 0 Å². The minimum atomic E-state index is -2.66. The average Bonchev–Trinajstić information content (AvgIpc) is 2.46. The van der Waals surface area contributed by atoms with E-state index >= 15 is 0 Å². The highest BCUT2D eigenvalue weighted by Gasteiger charge is 2.16. The number of ether oxygens (including phenoxy) is 1. The van der Waals surface area contributed by atoms with Gasteiger partial charge in [-0.15, -0.1) is 0 Å². The molecule has 0 saturated carbocycles. The Labute approximate surface area is 108 Å². The van der Waals surface area contributed by atoms with Crippen LogP contribution in [0.15, 0.2) is 42.6 Å². The summed E-state index contributed by atoms with van der Waals surface area (Å²) in [6.07, 6.45) is -1.19. The Morgan fingerprint density at radius 2 is 2.05 bits per heavy atom. The first kappa shape index (κ1) is 13.1. The van der Waals surface area contributed by atoms with Gasteiger partial charge in [0.05, 0.1) is 7.11 Å². The molecule has 0 spiro atoms. The van der Waals surface area contributed by atoms with Crippen molar-refractivity contribution in [3.63, 3.8) is 0 Å². The highest BCUT2D eigenvalue weighted by atomic mass is 19.3. The van der Waals surface area contributed by atoms with Crippen molar-refractivity contribution in [2.24, 2.45) is 0 Å². The van der Waals surface area contributed by atoms with E-state index in [1.165, 1.54) is 31.5 Å². The van der Waals surface area contributed by atoms with Crippen LogP contribution in [-0.2, 0) is 0 Å². The molecule has 2 rings (SSSR count). The number of halogens is 2. The van der Waals surface area contributed by atoms with E-state index in [-0.39, 0.29) is 22.6 Å². The molecule has 19 heavy (non-hydrogen) atoms. The smallest absolute Gasteiger partial charge is 0.264 e. The second-order valence-electron chi connectivity index (χ2n) is 3.84. The van der Waals surface area contributed by atoms with Crippen LogP contribution in [0.5, 0.6) is 5.75 Å². The van der Waals surface area contributed by atoms with Gasteiger partial charge in [-0.1, -0.05) is 6.07 Å². The van der Waals surface area contributed by atoms with Crippen LogP contribution < -0.4 is 4.74 Å². The summed E-state index contributed by atoms with van der Waals surface area (Å²) in [4.78, 5) is 16.0. The number of pyridine rings is 1. The van der Waals surface area contributed by atoms with E-state index in [1.807, 2.05) is 0 Å². The molecular weight excluding hydrogens is 252 g/mol. The number of hydrogen-bond donors (Lipinski definition) is 0. The molecule has 0 N–H and O–H groups in total. The summed E-state index contributed by atoms with van der Waals surface area (Å²) in [5.74, 6) is -0.196. The molecule has 0 bridgehead atoms. The third-order valence-electron chi connectivity index (χ3n) is 2.58. The number of nitrogens with zero attached hydrogens (tertiary/aromatic N) is 1. The molecule has 1 aromatic carbocycles. The number of benzene rings is 1. The summed E-state index contributed by atoms with van der Waals surface area (Å²) < 4.78 is 30.4. The van der Waals surface area contributed by atoms with Gasteiger partial charge in [-0.25, -0.2) is 8.78 Å². The van der Waals surface area contributed by atoms with Crippen molar-refractivity contribution in [2.45, 2.75) is 6.43 Å². The number of ketones is 1. The first-order valence-electron chi connectivity index (χ1n) is 5.54. The van der Waals surface area contributed by atoms with E-state index < -0.39 is 12.2 Å². The van der Waals surface area contributed by atoms with E-state index in [4.69, 9.17) is 4.74 Å². The third-order valence-corrected chi connectivity index (χ3v) is 2.58. The van der Waals surface area contributed by atoms with Gasteiger partial charge in [-0.05, 0) is 30.3 Å². The minimum absolute atomic E-state index is 0.133. The van der Waals surface area contributed by atoms with Crippen LogP contribution in [0.2, 0.25) is 0 Å². The number of aromatic nitrogens is 1. The molecule has 98 valence electrons. The highest BCUT2D eigenvalue weighted by Crippen LogP contribution is 2.26. The minimum Gasteiger partial charge on any atom is -0.497 e. The van der Waals surface area contributed by atoms with Gasteiger partial charge in [0.1, 0.15) is 11.4 Å². The SMILES string of the molecule is COc1cc(C(=O)c2ccccn2)cc(C(F)F)c1. The standard InChI is InChI=1S/C14H11F2NO2/c1-19-11-7-9(6-10(8-11)14(15)16)13(18)12-4-2-3-5-17-12/h2-8,14H,1H3. The lowest BCUT2D eigenvalue weighted by atomic mass is 10.0. The van der Waals surface area contributed by atoms with E-state index in [0.717, 1.165) is 6.07 Å². The van der Waals surface area contributed by atoms with Gasteiger partial charge >= 0.3 is 0 Å². The monoisotopic (exact) mass is 263 g/mol. The van der Waals surface area contributed by atoms with Crippen LogP contribution in [0.25, 0.3) is 0 Å². The van der Waals surface area contributed by atoms with Crippen LogP contribution in [0.3, 0.4) is 0 Å². The predicted octanol–water partition coefficient (Wildman–Crippen LogP) is 3.26. The van der Waals surface area contributed by atoms with Crippen LogP contribution in [0.4, 0.5) is 8.78 Å². The fourth-order valence-corrected chi connectivity index (χ4v) is 1.64. The normalized spacial score (nSPS) is 10.5. The number of rotatable bonds is 4. The van der Waals surface area contributed by atoms with Gasteiger partial charge in [0.25, 0.3) is 6.43 Å². The summed E-state index contributed by atoms with van der Waals surface area (Å²) in [5.41, 5.74) is 0.0861. The summed E-state index contributed by atoms with van der Waals surface area (Å²) in [5, 5.41) is 0. The fraction of sp³-hybridized carbons (Fsp3) is 0.143. The predicted molar refractivity (Wildman–Crippen MR) is 65.6 cm³/mol. The first-order valence-corrected chi connectivity index (χ1v) is 5.54. The van der Waals surface area contributed by atoms with Gasteiger partial charge in [0.15, 0.2) is 0 Å². The van der Waals surface area contributed by atoms with Crippen LogP contribution >= 0.6 is 0 Å². The van der Waals surface area contributed by atoms with Gasteiger partial charge in [-0.3, -0.25) is 9.78 Å². The Morgan fingerprint density at radius 1 is 1.26 bits per heavy atom. The van der Waals surface area contributed by atoms with Crippen LogP contribution in [-0.4, -0.2) is 17.9 Å². The number of carbonyl (C=O) groups excluding carboxylic acids is 1. The first-order chi connectivity index (χ1) is 9.11. The molecule has 0 aliphatic heterocycles. The summed E-state index contributed by atoms with van der Waals surface area (Å²) in [6.45, 7) is 0. The van der Waals surface area contributed by atoms with E-state index in [2.05, 4.69) is 4.98 Å².